The zero-order chi connectivity index (χ0) is 20.7. The molecule has 0 aromatic heterocycles. The summed E-state index contributed by atoms with van der Waals surface area (Å²) in [6.45, 7) is 8.23. The summed E-state index contributed by atoms with van der Waals surface area (Å²) in [5, 5.41) is 0. The van der Waals surface area contributed by atoms with Gasteiger partial charge in [0.15, 0.2) is 0 Å². The van der Waals surface area contributed by atoms with Gasteiger partial charge in [0.1, 0.15) is 0 Å². The Morgan fingerprint density at radius 3 is 1.79 bits per heavy atom. The fourth-order valence-corrected chi connectivity index (χ4v) is 4.85. The summed E-state index contributed by atoms with van der Waals surface area (Å²) in [5.74, 6) is -0.0812. The van der Waals surface area contributed by atoms with Gasteiger partial charge in [0.2, 0.25) is 0 Å². The third kappa shape index (κ3) is 8.00. The molecule has 28 heavy (non-hydrogen) atoms. The van der Waals surface area contributed by atoms with E-state index in [9.17, 15) is 0 Å². The second kappa shape index (κ2) is 14.4. The molecule has 0 aliphatic heterocycles. The molecule has 0 amide bonds. The Morgan fingerprint density at radius 2 is 1.29 bits per heavy atom. The van der Waals surface area contributed by atoms with Gasteiger partial charge in [-0.15, -0.1) is 13.2 Å². The van der Waals surface area contributed by atoms with E-state index >= 15 is 0 Å². The smallest absolute Gasteiger partial charge is 0.282 e. The predicted molar refractivity (Wildman–Crippen MR) is 119 cm³/mol. The van der Waals surface area contributed by atoms with Crippen molar-refractivity contribution in [3.8, 4) is 0 Å². The van der Waals surface area contributed by atoms with Crippen LogP contribution < -0.4 is 0 Å². The fourth-order valence-electron chi connectivity index (χ4n) is 4.85. The fraction of sp³-hybridized carbons (Fsp3) is 0.840. The summed E-state index contributed by atoms with van der Waals surface area (Å²) in [6, 6.07) is 0. The molecule has 3 heteroatoms. The first-order valence-corrected chi connectivity index (χ1v) is 11.5. The molecule has 0 heterocycles. The van der Waals surface area contributed by atoms with Gasteiger partial charge in [-0.3, -0.25) is 0 Å². The molecule has 0 aromatic carbocycles. The molecule has 1 atom stereocenters. The highest BCUT2D eigenvalue weighted by molar-refractivity contribution is 5.11. The highest BCUT2D eigenvalue weighted by Crippen LogP contribution is 2.45. The maximum atomic E-state index is 5.33. The van der Waals surface area contributed by atoms with E-state index in [-0.39, 0.29) is 5.41 Å². The van der Waals surface area contributed by atoms with Crippen molar-refractivity contribution in [1.82, 2.24) is 0 Å². The third-order valence-electron chi connectivity index (χ3n) is 6.90. The van der Waals surface area contributed by atoms with Crippen LogP contribution in [0.25, 0.3) is 0 Å². The van der Waals surface area contributed by atoms with Gasteiger partial charge < -0.3 is 14.2 Å². The van der Waals surface area contributed by atoms with Crippen LogP contribution in [0.1, 0.15) is 96.3 Å². The molecule has 164 valence electrons. The van der Waals surface area contributed by atoms with Gasteiger partial charge >= 0.3 is 0 Å². The summed E-state index contributed by atoms with van der Waals surface area (Å²) in [7, 11) is 4.90. The van der Waals surface area contributed by atoms with Crippen LogP contribution in [0, 0.1) is 11.3 Å². The Bertz CT molecular complexity index is 398. The van der Waals surface area contributed by atoms with Gasteiger partial charge in [-0.2, -0.15) is 0 Å². The molecule has 0 spiro atoms. The average molecular weight is 395 g/mol. The van der Waals surface area contributed by atoms with Crippen LogP contribution in [0.4, 0.5) is 0 Å². The molecule has 1 rings (SSSR count). The number of hydrogen-bond donors (Lipinski definition) is 0. The van der Waals surface area contributed by atoms with Crippen molar-refractivity contribution >= 4 is 0 Å². The van der Waals surface area contributed by atoms with Crippen LogP contribution in [0.15, 0.2) is 25.3 Å². The maximum absolute atomic E-state index is 5.33. The van der Waals surface area contributed by atoms with Crippen molar-refractivity contribution in [2.75, 3.05) is 21.3 Å². The van der Waals surface area contributed by atoms with Crippen molar-refractivity contribution in [1.29, 1.82) is 0 Å². The summed E-state index contributed by atoms with van der Waals surface area (Å²) < 4.78 is 16.0. The zero-order valence-electron chi connectivity index (χ0n) is 19.0. The monoisotopic (exact) mass is 394 g/mol. The van der Waals surface area contributed by atoms with Crippen LogP contribution in [0.2, 0.25) is 0 Å². The molecule has 0 aromatic rings. The van der Waals surface area contributed by atoms with E-state index in [4.69, 9.17) is 14.2 Å². The number of unbranched alkanes of at least 4 members (excludes halogenated alkanes) is 8. The molecule has 1 fully saturated rings. The second-order valence-corrected chi connectivity index (χ2v) is 8.48. The van der Waals surface area contributed by atoms with Gasteiger partial charge in [-0.25, -0.2) is 0 Å². The van der Waals surface area contributed by atoms with E-state index in [1.807, 2.05) is 0 Å². The molecule has 1 saturated carbocycles. The minimum Gasteiger partial charge on any atom is -0.331 e. The quantitative estimate of drug-likeness (QED) is 0.146. The third-order valence-corrected chi connectivity index (χ3v) is 6.90. The van der Waals surface area contributed by atoms with Gasteiger partial charge in [-0.05, 0) is 31.6 Å². The number of rotatable bonds is 17. The standard InChI is InChI=1S/C25H46O3/c1-6-24(7-2)21-18-16-20-23(24)19-15-13-11-9-8-10-12-14-17-22-25(26-3,27-4)28-5/h6-7,23H,1-2,8-22H2,3-5H3. The number of hydrogen-bond acceptors (Lipinski definition) is 3. The van der Waals surface area contributed by atoms with Crippen LogP contribution in [0.5, 0.6) is 0 Å². The summed E-state index contributed by atoms with van der Waals surface area (Å²) in [4.78, 5) is 0. The molecule has 0 saturated heterocycles. The Kier molecular flexibility index (Phi) is 13.0. The first kappa shape index (κ1) is 25.4. The van der Waals surface area contributed by atoms with E-state index in [1.165, 1.54) is 83.5 Å². The lowest BCUT2D eigenvalue weighted by molar-refractivity contribution is -0.355. The number of allylic oxidation sites excluding steroid dienone is 2. The normalized spacial score (nSPS) is 19.5. The van der Waals surface area contributed by atoms with Crippen molar-refractivity contribution < 1.29 is 14.2 Å². The molecule has 1 aliphatic rings. The summed E-state index contributed by atoms with van der Waals surface area (Å²) in [6.07, 6.45) is 23.6. The molecule has 0 bridgehead atoms. The predicted octanol–water partition coefficient (Wildman–Crippen LogP) is 7.42. The molecule has 0 N–H and O–H groups in total. The highest BCUT2D eigenvalue weighted by atomic mass is 16.9. The van der Waals surface area contributed by atoms with E-state index in [0.717, 1.165) is 18.8 Å². The van der Waals surface area contributed by atoms with Gasteiger partial charge in [0.25, 0.3) is 5.97 Å². The van der Waals surface area contributed by atoms with Crippen molar-refractivity contribution in [3.05, 3.63) is 25.3 Å². The lowest BCUT2D eigenvalue weighted by Gasteiger charge is -2.40. The summed E-state index contributed by atoms with van der Waals surface area (Å²) in [5.41, 5.74) is 0.213. The van der Waals surface area contributed by atoms with E-state index in [1.54, 1.807) is 21.3 Å². The second-order valence-electron chi connectivity index (χ2n) is 8.48. The molecule has 1 unspecified atom stereocenters. The van der Waals surface area contributed by atoms with Crippen LogP contribution in [0.3, 0.4) is 0 Å². The van der Waals surface area contributed by atoms with E-state index in [2.05, 4.69) is 25.3 Å². The first-order valence-electron chi connectivity index (χ1n) is 11.5. The van der Waals surface area contributed by atoms with Crippen molar-refractivity contribution in [2.24, 2.45) is 11.3 Å². The van der Waals surface area contributed by atoms with E-state index < -0.39 is 5.97 Å². The minimum absolute atomic E-state index is 0.213. The first-order chi connectivity index (χ1) is 13.6. The van der Waals surface area contributed by atoms with E-state index in [0.29, 0.717) is 0 Å². The minimum atomic E-state index is -0.854. The zero-order valence-corrected chi connectivity index (χ0v) is 19.0. The topological polar surface area (TPSA) is 27.7 Å². The van der Waals surface area contributed by atoms with Gasteiger partial charge in [0.05, 0.1) is 0 Å². The average Bonchev–Trinajstić information content (AvgIpc) is 2.75. The molecular formula is C25H46O3. The number of methoxy groups -OCH3 is 3. The van der Waals surface area contributed by atoms with Crippen LogP contribution in [-0.4, -0.2) is 27.3 Å². The highest BCUT2D eigenvalue weighted by Gasteiger charge is 2.34. The molecule has 3 nitrogen and oxygen atoms in total. The Labute approximate surface area is 174 Å². The number of ether oxygens (including phenoxy) is 3. The van der Waals surface area contributed by atoms with Crippen LogP contribution >= 0.6 is 0 Å². The van der Waals surface area contributed by atoms with Crippen LogP contribution in [-0.2, 0) is 14.2 Å². The maximum Gasteiger partial charge on any atom is 0.282 e. The largest absolute Gasteiger partial charge is 0.331 e. The molecule has 1 aliphatic carbocycles. The molecular weight excluding hydrogens is 348 g/mol. The van der Waals surface area contributed by atoms with Crippen molar-refractivity contribution in [3.63, 3.8) is 0 Å². The molecule has 0 radical (unpaired) electrons. The van der Waals surface area contributed by atoms with Gasteiger partial charge in [-0.1, -0.05) is 76.4 Å². The Morgan fingerprint density at radius 1 is 0.786 bits per heavy atom. The lowest BCUT2D eigenvalue weighted by Crippen LogP contribution is -2.35. The summed E-state index contributed by atoms with van der Waals surface area (Å²) >= 11 is 0. The Hall–Kier alpha value is -0.640. The Balaban J connectivity index is 2.02. The van der Waals surface area contributed by atoms with Gasteiger partial charge in [0, 0.05) is 33.2 Å². The van der Waals surface area contributed by atoms with Crippen molar-refractivity contribution in [2.45, 2.75) is 102 Å². The SMILES string of the molecule is C=CC1(C=C)CCCCC1CCCCCCCCCCCC(OC)(OC)OC. The lowest BCUT2D eigenvalue weighted by atomic mass is 9.65.